The fraction of sp³-hybridized carbons (Fsp3) is 0. The van der Waals surface area contributed by atoms with Crippen molar-refractivity contribution in [2.75, 3.05) is 0 Å². The summed E-state index contributed by atoms with van der Waals surface area (Å²) in [7, 11) is 0. The molecule has 20 heavy (non-hydrogen) atoms. The van der Waals surface area contributed by atoms with Crippen LogP contribution in [0.2, 0.25) is 0 Å². The van der Waals surface area contributed by atoms with Crippen LogP contribution in [0.4, 0.5) is 0 Å². The zero-order valence-corrected chi connectivity index (χ0v) is 10.7. The van der Waals surface area contributed by atoms with Crippen LogP contribution >= 0.6 is 0 Å². The van der Waals surface area contributed by atoms with Gasteiger partial charge in [0.05, 0.1) is 5.52 Å². The fourth-order valence-electron chi connectivity index (χ4n) is 2.40. The highest BCUT2D eigenvalue weighted by molar-refractivity contribution is 5.94. The number of aromatic nitrogens is 3. The Labute approximate surface area is 116 Å². The molecule has 0 amide bonds. The standard InChI is InChI=1S/C17H11N3/c1-3-7-14-12(5-1)9-18-11-15(14)17-19-10-13-6-2-4-8-16(13)20-17/h1-11H. The number of para-hydroxylation sites is 1. The van der Waals surface area contributed by atoms with Crippen LogP contribution in [-0.2, 0) is 0 Å². The molecule has 94 valence electrons. The third kappa shape index (κ3) is 1.72. The molecule has 0 saturated carbocycles. The lowest BCUT2D eigenvalue weighted by Gasteiger charge is -2.05. The molecule has 3 nitrogen and oxygen atoms in total. The summed E-state index contributed by atoms with van der Waals surface area (Å²) in [6, 6.07) is 16.1. The van der Waals surface area contributed by atoms with Crippen molar-refractivity contribution >= 4 is 21.7 Å². The number of rotatable bonds is 1. The molecule has 4 aromatic rings. The van der Waals surface area contributed by atoms with E-state index in [0.29, 0.717) is 5.82 Å². The molecule has 0 unspecified atom stereocenters. The monoisotopic (exact) mass is 257 g/mol. The summed E-state index contributed by atoms with van der Waals surface area (Å²) >= 11 is 0. The van der Waals surface area contributed by atoms with Gasteiger partial charge < -0.3 is 0 Å². The average Bonchev–Trinajstić information content (AvgIpc) is 2.54. The number of pyridine rings is 1. The predicted molar refractivity (Wildman–Crippen MR) is 80.3 cm³/mol. The van der Waals surface area contributed by atoms with E-state index < -0.39 is 0 Å². The summed E-state index contributed by atoms with van der Waals surface area (Å²) in [4.78, 5) is 13.4. The van der Waals surface area contributed by atoms with E-state index in [9.17, 15) is 0 Å². The van der Waals surface area contributed by atoms with Gasteiger partial charge in [-0.2, -0.15) is 0 Å². The molecule has 0 aliphatic carbocycles. The summed E-state index contributed by atoms with van der Waals surface area (Å²) < 4.78 is 0. The minimum atomic E-state index is 0.716. The first-order chi connectivity index (χ1) is 9.92. The number of hydrogen-bond donors (Lipinski definition) is 0. The Morgan fingerprint density at radius 3 is 2.45 bits per heavy atom. The van der Waals surface area contributed by atoms with Crippen molar-refractivity contribution in [3.05, 3.63) is 67.1 Å². The van der Waals surface area contributed by atoms with Gasteiger partial charge in [0.15, 0.2) is 5.82 Å². The predicted octanol–water partition coefficient (Wildman–Crippen LogP) is 3.85. The van der Waals surface area contributed by atoms with Crippen molar-refractivity contribution < 1.29 is 0 Å². The maximum atomic E-state index is 4.64. The van der Waals surface area contributed by atoms with Gasteiger partial charge in [-0.25, -0.2) is 9.97 Å². The van der Waals surface area contributed by atoms with Crippen LogP contribution in [0, 0.1) is 0 Å². The second-order valence-electron chi connectivity index (χ2n) is 4.66. The molecule has 0 atom stereocenters. The molecule has 0 N–H and O–H groups in total. The third-order valence-corrected chi connectivity index (χ3v) is 3.40. The maximum absolute atomic E-state index is 4.64. The lowest BCUT2D eigenvalue weighted by atomic mass is 10.1. The molecule has 2 aromatic heterocycles. The Morgan fingerprint density at radius 2 is 1.50 bits per heavy atom. The average molecular weight is 257 g/mol. The molecule has 2 heterocycles. The topological polar surface area (TPSA) is 38.7 Å². The van der Waals surface area contributed by atoms with E-state index in [1.165, 1.54) is 0 Å². The maximum Gasteiger partial charge on any atom is 0.161 e. The lowest BCUT2D eigenvalue weighted by Crippen LogP contribution is -1.91. The molecule has 0 fully saturated rings. The second-order valence-corrected chi connectivity index (χ2v) is 4.66. The van der Waals surface area contributed by atoms with E-state index in [0.717, 1.165) is 27.2 Å². The second kappa shape index (κ2) is 4.38. The van der Waals surface area contributed by atoms with Crippen molar-refractivity contribution in [3.8, 4) is 11.4 Å². The van der Waals surface area contributed by atoms with Crippen LogP contribution in [0.3, 0.4) is 0 Å². The molecular weight excluding hydrogens is 246 g/mol. The van der Waals surface area contributed by atoms with E-state index in [1.54, 1.807) is 0 Å². The van der Waals surface area contributed by atoms with E-state index in [-0.39, 0.29) is 0 Å². The smallest absolute Gasteiger partial charge is 0.161 e. The first kappa shape index (κ1) is 11.1. The summed E-state index contributed by atoms with van der Waals surface area (Å²) in [5, 5.41) is 3.27. The first-order valence-electron chi connectivity index (χ1n) is 6.47. The van der Waals surface area contributed by atoms with E-state index in [4.69, 9.17) is 0 Å². The molecular formula is C17H11N3. The third-order valence-electron chi connectivity index (χ3n) is 3.40. The van der Waals surface area contributed by atoms with Gasteiger partial charge in [-0.15, -0.1) is 0 Å². The van der Waals surface area contributed by atoms with Gasteiger partial charge >= 0.3 is 0 Å². The van der Waals surface area contributed by atoms with Gasteiger partial charge in [0.25, 0.3) is 0 Å². The molecule has 0 bridgehead atoms. The Morgan fingerprint density at radius 1 is 0.700 bits per heavy atom. The Bertz CT molecular complexity index is 910. The van der Waals surface area contributed by atoms with Gasteiger partial charge in [0, 0.05) is 34.9 Å². The van der Waals surface area contributed by atoms with Gasteiger partial charge in [0.1, 0.15) is 0 Å². The number of benzene rings is 2. The normalized spacial score (nSPS) is 11.0. The SMILES string of the molecule is c1ccc2nc(-c3cncc4ccccc34)ncc2c1. The van der Waals surface area contributed by atoms with Crippen molar-refractivity contribution in [1.29, 1.82) is 0 Å². The minimum Gasteiger partial charge on any atom is -0.263 e. The molecule has 2 aromatic carbocycles. The summed E-state index contributed by atoms with van der Waals surface area (Å²) in [5.74, 6) is 0.716. The van der Waals surface area contributed by atoms with Crippen molar-refractivity contribution in [2.45, 2.75) is 0 Å². The molecule has 0 saturated heterocycles. The first-order valence-corrected chi connectivity index (χ1v) is 6.47. The van der Waals surface area contributed by atoms with Crippen LogP contribution in [0.15, 0.2) is 67.1 Å². The number of fused-ring (bicyclic) bond motifs is 2. The van der Waals surface area contributed by atoms with E-state index >= 15 is 0 Å². The quantitative estimate of drug-likeness (QED) is 0.520. The van der Waals surface area contributed by atoms with Crippen molar-refractivity contribution in [1.82, 2.24) is 15.0 Å². The van der Waals surface area contributed by atoms with Gasteiger partial charge in [0.2, 0.25) is 0 Å². The van der Waals surface area contributed by atoms with Crippen molar-refractivity contribution in [2.24, 2.45) is 0 Å². The zero-order valence-electron chi connectivity index (χ0n) is 10.7. The molecule has 0 aliphatic heterocycles. The number of nitrogens with zero attached hydrogens (tertiary/aromatic N) is 3. The Balaban J connectivity index is 2.01. The molecule has 0 spiro atoms. The molecule has 3 heteroatoms. The highest BCUT2D eigenvalue weighted by Gasteiger charge is 2.07. The molecule has 4 rings (SSSR count). The zero-order chi connectivity index (χ0) is 13.4. The van der Waals surface area contributed by atoms with Crippen LogP contribution in [0.25, 0.3) is 33.1 Å². The Kier molecular flexibility index (Phi) is 2.42. The fourth-order valence-corrected chi connectivity index (χ4v) is 2.40. The van der Waals surface area contributed by atoms with Crippen LogP contribution in [0.5, 0.6) is 0 Å². The minimum absolute atomic E-state index is 0.716. The van der Waals surface area contributed by atoms with Crippen LogP contribution in [-0.4, -0.2) is 15.0 Å². The molecule has 0 radical (unpaired) electrons. The highest BCUT2D eigenvalue weighted by Crippen LogP contribution is 2.25. The lowest BCUT2D eigenvalue weighted by molar-refractivity contribution is 1.22. The summed E-state index contributed by atoms with van der Waals surface area (Å²) in [6.45, 7) is 0. The van der Waals surface area contributed by atoms with E-state index in [2.05, 4.69) is 21.0 Å². The van der Waals surface area contributed by atoms with Gasteiger partial charge in [-0.05, 0) is 11.5 Å². The van der Waals surface area contributed by atoms with Crippen LogP contribution < -0.4 is 0 Å². The Hall–Kier alpha value is -2.81. The molecule has 0 aliphatic rings. The van der Waals surface area contributed by atoms with Gasteiger partial charge in [-0.1, -0.05) is 42.5 Å². The van der Waals surface area contributed by atoms with Crippen molar-refractivity contribution in [3.63, 3.8) is 0 Å². The number of hydrogen-bond acceptors (Lipinski definition) is 3. The van der Waals surface area contributed by atoms with Gasteiger partial charge in [-0.3, -0.25) is 4.98 Å². The summed E-state index contributed by atoms with van der Waals surface area (Å²) in [5.41, 5.74) is 1.92. The van der Waals surface area contributed by atoms with E-state index in [1.807, 2.05) is 61.1 Å². The largest absolute Gasteiger partial charge is 0.263 e. The summed E-state index contributed by atoms with van der Waals surface area (Å²) in [6.07, 6.45) is 5.55. The van der Waals surface area contributed by atoms with Crippen LogP contribution in [0.1, 0.15) is 0 Å². The highest BCUT2D eigenvalue weighted by atomic mass is 14.9.